The fourth-order valence-corrected chi connectivity index (χ4v) is 4.53. The summed E-state index contributed by atoms with van der Waals surface area (Å²) in [5.74, 6) is 0.539. The molecule has 4 nitrogen and oxygen atoms in total. The van der Waals surface area contributed by atoms with Gasteiger partial charge in [0.25, 0.3) is 0 Å². The third kappa shape index (κ3) is 3.47. The van der Waals surface area contributed by atoms with E-state index >= 15 is 0 Å². The molecule has 0 bridgehead atoms. The van der Waals surface area contributed by atoms with Gasteiger partial charge in [-0.15, -0.1) is 0 Å². The number of carbonyl (C=O) groups excluding carboxylic acids is 1. The molecule has 1 fully saturated rings. The van der Waals surface area contributed by atoms with Gasteiger partial charge in [0, 0.05) is 17.5 Å². The standard InChI is InChI=1S/C17H19NO3S/c19-17(12-13-8-10-22(20,21)11-9-13)18-16-7-3-5-14-4-1-2-6-15(14)16/h1-7,13H,8-12H2,(H,18,19). The van der Waals surface area contributed by atoms with Crippen LogP contribution >= 0.6 is 0 Å². The average molecular weight is 317 g/mol. The van der Waals surface area contributed by atoms with Crippen LogP contribution in [0.1, 0.15) is 19.3 Å². The molecule has 1 amide bonds. The van der Waals surface area contributed by atoms with E-state index in [1.807, 2.05) is 42.5 Å². The van der Waals surface area contributed by atoms with Crippen molar-refractivity contribution >= 4 is 32.2 Å². The highest BCUT2D eigenvalue weighted by Gasteiger charge is 2.25. The Bertz CT molecular complexity index is 779. The van der Waals surface area contributed by atoms with E-state index in [4.69, 9.17) is 0 Å². The lowest BCUT2D eigenvalue weighted by molar-refractivity contribution is -0.117. The fourth-order valence-electron chi connectivity index (χ4n) is 2.94. The monoisotopic (exact) mass is 317 g/mol. The van der Waals surface area contributed by atoms with Crippen molar-refractivity contribution in [3.8, 4) is 0 Å². The maximum atomic E-state index is 12.2. The van der Waals surface area contributed by atoms with Gasteiger partial charge < -0.3 is 5.32 Å². The molecule has 3 rings (SSSR count). The van der Waals surface area contributed by atoms with Crippen LogP contribution in [0.25, 0.3) is 10.8 Å². The number of benzene rings is 2. The van der Waals surface area contributed by atoms with Crippen LogP contribution in [0.15, 0.2) is 42.5 Å². The van der Waals surface area contributed by atoms with E-state index < -0.39 is 9.84 Å². The van der Waals surface area contributed by atoms with E-state index in [0.29, 0.717) is 19.3 Å². The molecule has 0 radical (unpaired) electrons. The van der Waals surface area contributed by atoms with Crippen molar-refractivity contribution in [1.29, 1.82) is 0 Å². The number of nitrogens with one attached hydrogen (secondary N) is 1. The normalized spacial score (nSPS) is 18.2. The Hall–Kier alpha value is -1.88. The first-order chi connectivity index (χ1) is 10.5. The molecule has 2 aromatic rings. The van der Waals surface area contributed by atoms with E-state index in [1.165, 1.54) is 0 Å². The molecular formula is C17H19NO3S. The minimum Gasteiger partial charge on any atom is -0.326 e. The lowest BCUT2D eigenvalue weighted by Gasteiger charge is -2.21. The highest BCUT2D eigenvalue weighted by Crippen LogP contribution is 2.25. The molecule has 0 aromatic heterocycles. The maximum Gasteiger partial charge on any atom is 0.224 e. The second-order valence-corrected chi connectivity index (χ2v) is 8.18. The van der Waals surface area contributed by atoms with Gasteiger partial charge in [-0.25, -0.2) is 8.42 Å². The molecule has 1 aliphatic rings. The van der Waals surface area contributed by atoms with Crippen LogP contribution in [0.4, 0.5) is 5.69 Å². The molecule has 1 saturated heterocycles. The summed E-state index contributed by atoms with van der Waals surface area (Å²) in [7, 11) is -2.87. The quantitative estimate of drug-likeness (QED) is 0.946. The number of hydrogen-bond donors (Lipinski definition) is 1. The highest BCUT2D eigenvalue weighted by molar-refractivity contribution is 7.91. The molecule has 1 heterocycles. The second-order valence-electron chi connectivity index (χ2n) is 5.87. The van der Waals surface area contributed by atoms with Gasteiger partial charge in [0.1, 0.15) is 9.84 Å². The number of amides is 1. The second kappa shape index (κ2) is 6.08. The lowest BCUT2D eigenvalue weighted by atomic mass is 9.98. The smallest absolute Gasteiger partial charge is 0.224 e. The fraction of sp³-hybridized carbons (Fsp3) is 0.353. The third-order valence-electron chi connectivity index (χ3n) is 4.21. The Kier molecular flexibility index (Phi) is 4.16. The molecule has 0 unspecified atom stereocenters. The topological polar surface area (TPSA) is 63.2 Å². The molecule has 5 heteroatoms. The Morgan fingerprint density at radius 3 is 2.50 bits per heavy atom. The maximum absolute atomic E-state index is 12.2. The van der Waals surface area contributed by atoms with Crippen LogP contribution < -0.4 is 5.32 Å². The first-order valence-corrected chi connectivity index (χ1v) is 9.34. The Morgan fingerprint density at radius 1 is 1.05 bits per heavy atom. The van der Waals surface area contributed by atoms with Crippen LogP contribution in [0.2, 0.25) is 0 Å². The van der Waals surface area contributed by atoms with Crippen molar-refractivity contribution in [2.75, 3.05) is 16.8 Å². The first kappa shape index (κ1) is 15.0. The first-order valence-electron chi connectivity index (χ1n) is 7.51. The van der Waals surface area contributed by atoms with Gasteiger partial charge in [-0.05, 0) is 30.2 Å². The largest absolute Gasteiger partial charge is 0.326 e. The predicted octanol–water partition coefficient (Wildman–Crippen LogP) is 2.99. The van der Waals surface area contributed by atoms with Gasteiger partial charge >= 0.3 is 0 Å². The van der Waals surface area contributed by atoms with Gasteiger partial charge in [-0.2, -0.15) is 0 Å². The molecular weight excluding hydrogens is 298 g/mol. The van der Waals surface area contributed by atoms with Crippen molar-refractivity contribution < 1.29 is 13.2 Å². The summed E-state index contributed by atoms with van der Waals surface area (Å²) in [4.78, 5) is 12.2. The molecule has 1 N–H and O–H groups in total. The Balaban J connectivity index is 1.67. The van der Waals surface area contributed by atoms with Crippen molar-refractivity contribution in [3.05, 3.63) is 42.5 Å². The highest BCUT2D eigenvalue weighted by atomic mass is 32.2. The Labute approximate surface area is 130 Å². The van der Waals surface area contributed by atoms with E-state index in [-0.39, 0.29) is 23.3 Å². The number of carbonyl (C=O) groups is 1. The number of fused-ring (bicyclic) bond motifs is 1. The summed E-state index contributed by atoms with van der Waals surface area (Å²) in [6, 6.07) is 13.7. The van der Waals surface area contributed by atoms with Crippen molar-refractivity contribution in [2.24, 2.45) is 5.92 Å². The van der Waals surface area contributed by atoms with E-state index in [9.17, 15) is 13.2 Å². The van der Waals surface area contributed by atoms with Gasteiger partial charge in [0.2, 0.25) is 5.91 Å². The van der Waals surface area contributed by atoms with Gasteiger partial charge in [0.15, 0.2) is 0 Å². The zero-order valence-electron chi connectivity index (χ0n) is 12.3. The van der Waals surface area contributed by atoms with Crippen molar-refractivity contribution in [3.63, 3.8) is 0 Å². The molecule has 22 heavy (non-hydrogen) atoms. The summed E-state index contributed by atoms with van der Waals surface area (Å²) >= 11 is 0. The minimum atomic E-state index is -2.87. The summed E-state index contributed by atoms with van der Waals surface area (Å²) in [5.41, 5.74) is 0.812. The van der Waals surface area contributed by atoms with Crippen LogP contribution in [-0.2, 0) is 14.6 Å². The summed E-state index contributed by atoms with van der Waals surface area (Å²) in [6.45, 7) is 0. The predicted molar refractivity (Wildman–Crippen MR) is 88.6 cm³/mol. The zero-order chi connectivity index (χ0) is 15.6. The van der Waals surface area contributed by atoms with Crippen molar-refractivity contribution in [1.82, 2.24) is 0 Å². The molecule has 0 aliphatic carbocycles. The van der Waals surface area contributed by atoms with Crippen LogP contribution in [0.5, 0.6) is 0 Å². The van der Waals surface area contributed by atoms with E-state index in [1.54, 1.807) is 0 Å². The van der Waals surface area contributed by atoms with E-state index in [2.05, 4.69) is 5.32 Å². The van der Waals surface area contributed by atoms with Gasteiger partial charge in [-0.3, -0.25) is 4.79 Å². The third-order valence-corrected chi connectivity index (χ3v) is 5.93. The SMILES string of the molecule is O=C(CC1CCS(=O)(=O)CC1)Nc1cccc2ccccc12. The molecule has 2 aromatic carbocycles. The Morgan fingerprint density at radius 2 is 1.73 bits per heavy atom. The van der Waals surface area contributed by atoms with Crippen LogP contribution in [0.3, 0.4) is 0 Å². The minimum absolute atomic E-state index is 0.0411. The number of hydrogen-bond acceptors (Lipinski definition) is 3. The molecule has 0 saturated carbocycles. The van der Waals surface area contributed by atoms with E-state index in [0.717, 1.165) is 16.5 Å². The van der Waals surface area contributed by atoms with Crippen LogP contribution in [0, 0.1) is 5.92 Å². The summed E-state index contributed by atoms with van der Waals surface area (Å²) in [6.07, 6.45) is 1.56. The summed E-state index contributed by atoms with van der Waals surface area (Å²) in [5, 5.41) is 5.07. The van der Waals surface area contributed by atoms with Gasteiger partial charge in [0.05, 0.1) is 11.5 Å². The van der Waals surface area contributed by atoms with Gasteiger partial charge in [-0.1, -0.05) is 36.4 Å². The number of sulfone groups is 1. The van der Waals surface area contributed by atoms with Crippen LogP contribution in [-0.4, -0.2) is 25.8 Å². The molecule has 116 valence electrons. The number of anilines is 1. The lowest BCUT2D eigenvalue weighted by Crippen LogP contribution is -2.26. The molecule has 1 aliphatic heterocycles. The average Bonchev–Trinajstić information content (AvgIpc) is 2.50. The summed E-state index contributed by atoms with van der Waals surface area (Å²) < 4.78 is 22.8. The zero-order valence-corrected chi connectivity index (χ0v) is 13.1. The molecule has 0 spiro atoms. The number of rotatable bonds is 3. The molecule has 0 atom stereocenters. The van der Waals surface area contributed by atoms with Crippen molar-refractivity contribution in [2.45, 2.75) is 19.3 Å².